The number of phenols is 2. The number of aromatic hydroxyl groups is 2. The maximum atomic E-state index is 11.2. The molecule has 2 aliphatic rings. The first-order valence-corrected chi connectivity index (χ1v) is 12.8. The van der Waals surface area contributed by atoms with E-state index < -0.39 is 0 Å². The van der Waals surface area contributed by atoms with Crippen LogP contribution in [0.3, 0.4) is 0 Å². The number of rotatable bonds is 9. The molecule has 2 fully saturated rings. The second-order valence-electron chi connectivity index (χ2n) is 10.8. The molecule has 1 saturated carbocycles. The molecule has 0 aromatic heterocycles. The lowest BCUT2D eigenvalue weighted by atomic mass is 9.69. The second-order valence-corrected chi connectivity index (χ2v) is 10.8. The molecule has 32 heavy (non-hydrogen) atoms. The molecule has 1 aromatic rings. The van der Waals surface area contributed by atoms with E-state index >= 15 is 0 Å². The van der Waals surface area contributed by atoms with Gasteiger partial charge in [0.2, 0.25) is 0 Å². The largest absolute Gasteiger partial charge is 0.508 e. The third kappa shape index (κ3) is 5.88. The fourth-order valence-electron chi connectivity index (χ4n) is 5.86. The zero-order valence-electron chi connectivity index (χ0n) is 20.8. The molecule has 0 spiro atoms. The van der Waals surface area contributed by atoms with Crippen molar-refractivity contribution in [2.24, 2.45) is 5.92 Å². The van der Waals surface area contributed by atoms with Crippen molar-refractivity contribution >= 4 is 0 Å². The highest BCUT2D eigenvalue weighted by Crippen LogP contribution is 2.49. The molecule has 3 atom stereocenters. The fourth-order valence-corrected chi connectivity index (χ4v) is 5.86. The second kappa shape index (κ2) is 11.1. The molecule has 0 radical (unpaired) electrons. The number of phenolic OH excluding ortho intramolecular Hbond substituents is 2. The van der Waals surface area contributed by atoms with Crippen molar-refractivity contribution < 1.29 is 14.9 Å². The van der Waals surface area contributed by atoms with Gasteiger partial charge in [0.25, 0.3) is 0 Å². The predicted octanol–water partition coefficient (Wildman–Crippen LogP) is 6.51. The first kappa shape index (κ1) is 25.1. The first-order valence-electron chi connectivity index (χ1n) is 12.8. The highest BCUT2D eigenvalue weighted by atomic mass is 16.5. The van der Waals surface area contributed by atoms with Gasteiger partial charge in [0.15, 0.2) is 0 Å². The Morgan fingerprint density at radius 2 is 1.75 bits per heavy atom. The number of hydrogen-bond donors (Lipinski definition) is 2. The van der Waals surface area contributed by atoms with E-state index in [1.54, 1.807) is 0 Å². The van der Waals surface area contributed by atoms with Crippen molar-refractivity contribution in [3.05, 3.63) is 35.4 Å². The predicted molar refractivity (Wildman–Crippen MR) is 133 cm³/mol. The monoisotopic (exact) mass is 443 g/mol. The maximum Gasteiger partial charge on any atom is 0.123 e. The van der Waals surface area contributed by atoms with Gasteiger partial charge < -0.3 is 14.9 Å². The number of unbranched alkanes of at least 4 members (excludes halogenated alkanes) is 3. The van der Waals surface area contributed by atoms with E-state index in [-0.39, 0.29) is 28.7 Å². The van der Waals surface area contributed by atoms with Crippen molar-refractivity contribution in [1.82, 2.24) is 4.90 Å². The molecule has 0 bridgehead atoms. The summed E-state index contributed by atoms with van der Waals surface area (Å²) >= 11 is 0. The van der Waals surface area contributed by atoms with Gasteiger partial charge in [-0.3, -0.25) is 4.90 Å². The molecule has 4 nitrogen and oxygen atoms in total. The molecule has 1 saturated heterocycles. The molecule has 1 aliphatic carbocycles. The molecular weight excluding hydrogens is 398 g/mol. The summed E-state index contributed by atoms with van der Waals surface area (Å²) in [5, 5.41) is 22.3. The number of ether oxygens (including phenoxy) is 1. The minimum atomic E-state index is -0.0715. The summed E-state index contributed by atoms with van der Waals surface area (Å²) in [6, 6.07) is 4.30. The van der Waals surface area contributed by atoms with Gasteiger partial charge >= 0.3 is 0 Å². The van der Waals surface area contributed by atoms with Crippen LogP contribution in [0.15, 0.2) is 24.3 Å². The van der Waals surface area contributed by atoms with Crippen LogP contribution < -0.4 is 0 Å². The van der Waals surface area contributed by atoms with Crippen molar-refractivity contribution in [1.29, 1.82) is 0 Å². The van der Waals surface area contributed by atoms with E-state index in [0.29, 0.717) is 6.04 Å². The summed E-state index contributed by atoms with van der Waals surface area (Å²) in [7, 11) is 0. The number of nitrogens with zero attached hydrogens (tertiary/aromatic N) is 1. The molecule has 2 N–H and O–H groups in total. The number of hydrogen-bond acceptors (Lipinski definition) is 4. The molecule has 4 heteroatoms. The topological polar surface area (TPSA) is 52.9 Å². The van der Waals surface area contributed by atoms with Crippen LogP contribution in [0.25, 0.3) is 0 Å². The summed E-state index contributed by atoms with van der Waals surface area (Å²) < 4.78 is 5.55. The van der Waals surface area contributed by atoms with E-state index in [0.717, 1.165) is 68.7 Å². The Bertz CT molecular complexity index is 743. The smallest absolute Gasteiger partial charge is 0.123 e. The molecule has 3 unspecified atom stereocenters. The van der Waals surface area contributed by atoms with Crippen molar-refractivity contribution in [3.8, 4) is 11.5 Å². The molecular formula is C28H45NO3. The molecule has 1 aromatic carbocycles. The Morgan fingerprint density at radius 3 is 2.34 bits per heavy atom. The van der Waals surface area contributed by atoms with Crippen molar-refractivity contribution in [2.75, 3.05) is 26.3 Å². The highest BCUT2D eigenvalue weighted by molar-refractivity contribution is 5.51. The minimum absolute atomic E-state index is 0.0715. The van der Waals surface area contributed by atoms with Crippen LogP contribution in [0.5, 0.6) is 11.5 Å². The average molecular weight is 444 g/mol. The van der Waals surface area contributed by atoms with E-state index in [1.165, 1.54) is 25.7 Å². The number of allylic oxidation sites excluding steroid dienone is 1. The third-order valence-electron chi connectivity index (χ3n) is 7.96. The zero-order chi connectivity index (χ0) is 23.3. The standard InChI is InChI=1S/C28H45NO3/c1-6-7-8-9-12-28(4,5)21-17-25(30)27(26(31)18-21)24-19-22(10-11-23(24)20(2)3)29-13-15-32-16-14-29/h17-18,22-24,30-31H,2,6-16,19H2,1,3-5H3. The Labute approximate surface area is 195 Å². The van der Waals surface area contributed by atoms with Gasteiger partial charge in [-0.05, 0) is 67.6 Å². The summed E-state index contributed by atoms with van der Waals surface area (Å²) in [4.78, 5) is 2.53. The highest BCUT2D eigenvalue weighted by Gasteiger charge is 2.38. The van der Waals surface area contributed by atoms with Gasteiger partial charge in [-0.2, -0.15) is 0 Å². The third-order valence-corrected chi connectivity index (χ3v) is 7.96. The van der Waals surface area contributed by atoms with Gasteiger partial charge in [-0.1, -0.05) is 58.6 Å². The zero-order valence-corrected chi connectivity index (χ0v) is 20.8. The van der Waals surface area contributed by atoms with Crippen LogP contribution >= 0.6 is 0 Å². The molecule has 180 valence electrons. The van der Waals surface area contributed by atoms with Crippen LogP contribution in [0.1, 0.15) is 96.1 Å². The van der Waals surface area contributed by atoms with Crippen LogP contribution in [0.4, 0.5) is 0 Å². The van der Waals surface area contributed by atoms with Gasteiger partial charge in [-0.15, -0.1) is 0 Å². The SMILES string of the molecule is C=C(C)C1CCC(N2CCOCC2)CC1c1c(O)cc(C(C)(C)CCCCCC)cc1O. The van der Waals surface area contributed by atoms with E-state index in [1.807, 2.05) is 12.1 Å². The summed E-state index contributed by atoms with van der Waals surface area (Å²) in [6.07, 6.45) is 9.09. The molecule has 0 amide bonds. The van der Waals surface area contributed by atoms with Crippen LogP contribution in [0.2, 0.25) is 0 Å². The number of benzene rings is 1. The van der Waals surface area contributed by atoms with Crippen molar-refractivity contribution in [3.63, 3.8) is 0 Å². The van der Waals surface area contributed by atoms with Gasteiger partial charge in [0.05, 0.1) is 13.2 Å². The lowest BCUT2D eigenvalue weighted by Gasteiger charge is -2.43. The summed E-state index contributed by atoms with van der Waals surface area (Å²) in [5.74, 6) is 0.883. The van der Waals surface area contributed by atoms with Crippen LogP contribution in [-0.2, 0) is 10.2 Å². The minimum Gasteiger partial charge on any atom is -0.508 e. The van der Waals surface area contributed by atoms with E-state index in [9.17, 15) is 10.2 Å². The summed E-state index contributed by atoms with van der Waals surface area (Å²) in [6.45, 7) is 16.6. The lowest BCUT2D eigenvalue weighted by molar-refractivity contribution is 0.00323. The van der Waals surface area contributed by atoms with Gasteiger partial charge in [0, 0.05) is 24.7 Å². The average Bonchev–Trinajstić information content (AvgIpc) is 2.76. The lowest BCUT2D eigenvalue weighted by Crippen LogP contribution is -2.46. The molecule has 1 heterocycles. The van der Waals surface area contributed by atoms with E-state index in [2.05, 4.69) is 39.2 Å². The maximum absolute atomic E-state index is 11.2. The van der Waals surface area contributed by atoms with Gasteiger partial charge in [-0.25, -0.2) is 0 Å². The Kier molecular flexibility index (Phi) is 8.68. The fraction of sp³-hybridized carbons (Fsp3) is 0.714. The molecule has 3 rings (SSSR count). The van der Waals surface area contributed by atoms with Gasteiger partial charge in [0.1, 0.15) is 11.5 Å². The normalized spacial score (nSPS) is 25.1. The first-order chi connectivity index (χ1) is 15.2. The quantitative estimate of drug-likeness (QED) is 0.337. The Hall–Kier alpha value is -1.52. The summed E-state index contributed by atoms with van der Waals surface area (Å²) in [5.41, 5.74) is 2.83. The Morgan fingerprint density at radius 1 is 1.09 bits per heavy atom. The number of morpholine rings is 1. The van der Waals surface area contributed by atoms with Crippen molar-refractivity contribution in [2.45, 2.75) is 96.4 Å². The molecule has 1 aliphatic heterocycles. The van der Waals surface area contributed by atoms with Crippen LogP contribution in [0, 0.1) is 5.92 Å². The van der Waals surface area contributed by atoms with Crippen LogP contribution in [-0.4, -0.2) is 47.5 Å². The van der Waals surface area contributed by atoms with E-state index in [4.69, 9.17) is 4.74 Å². The Balaban J connectivity index is 1.84.